The second-order valence-corrected chi connectivity index (χ2v) is 5.85. The summed E-state index contributed by atoms with van der Waals surface area (Å²) in [5, 5.41) is 2.68. The fourth-order valence-electron chi connectivity index (χ4n) is 3.29. The molecule has 1 aliphatic carbocycles. The molecule has 0 aromatic heterocycles. The standard InChI is InChI=1S/C14H25N3O2/c1-16-14(19)11-5-3-7-17(9-11)13(18)8-10-4-2-6-12(10)15/h10-12H,2-9,15H2,1H3,(H,16,19)/t10-,11?,12+/m0/s1. The van der Waals surface area contributed by atoms with Crippen LogP contribution in [-0.4, -0.2) is 42.9 Å². The third-order valence-electron chi connectivity index (χ3n) is 4.55. The predicted octanol–water partition coefficient (Wildman–Crippen LogP) is 0.489. The van der Waals surface area contributed by atoms with Gasteiger partial charge in [0.1, 0.15) is 0 Å². The van der Waals surface area contributed by atoms with Gasteiger partial charge in [-0.05, 0) is 31.6 Å². The van der Waals surface area contributed by atoms with Crippen molar-refractivity contribution in [2.24, 2.45) is 17.6 Å². The Morgan fingerprint density at radius 1 is 1.26 bits per heavy atom. The van der Waals surface area contributed by atoms with Crippen molar-refractivity contribution in [3.05, 3.63) is 0 Å². The minimum Gasteiger partial charge on any atom is -0.359 e. The van der Waals surface area contributed by atoms with Gasteiger partial charge in [0, 0.05) is 32.6 Å². The summed E-state index contributed by atoms with van der Waals surface area (Å²) in [6.07, 6.45) is 5.60. The van der Waals surface area contributed by atoms with E-state index in [4.69, 9.17) is 5.73 Å². The quantitative estimate of drug-likeness (QED) is 0.781. The highest BCUT2D eigenvalue weighted by atomic mass is 16.2. The van der Waals surface area contributed by atoms with Crippen molar-refractivity contribution >= 4 is 11.8 Å². The molecule has 0 bridgehead atoms. The molecule has 0 spiro atoms. The van der Waals surface area contributed by atoms with Crippen LogP contribution in [0.1, 0.15) is 38.5 Å². The Hall–Kier alpha value is -1.10. The number of carbonyl (C=O) groups is 2. The fourth-order valence-corrected chi connectivity index (χ4v) is 3.29. The predicted molar refractivity (Wildman–Crippen MR) is 73.3 cm³/mol. The Balaban J connectivity index is 1.86. The molecule has 1 saturated heterocycles. The van der Waals surface area contributed by atoms with Crippen molar-refractivity contribution in [1.29, 1.82) is 0 Å². The van der Waals surface area contributed by atoms with Crippen LogP contribution in [0.15, 0.2) is 0 Å². The molecular formula is C14H25N3O2. The van der Waals surface area contributed by atoms with Gasteiger partial charge in [0.2, 0.25) is 11.8 Å². The summed E-state index contributed by atoms with van der Waals surface area (Å²) in [4.78, 5) is 25.8. The largest absolute Gasteiger partial charge is 0.359 e. The topological polar surface area (TPSA) is 75.4 Å². The molecule has 0 aromatic rings. The van der Waals surface area contributed by atoms with Gasteiger partial charge in [-0.3, -0.25) is 9.59 Å². The van der Waals surface area contributed by atoms with E-state index in [-0.39, 0.29) is 23.8 Å². The zero-order valence-electron chi connectivity index (χ0n) is 11.7. The Morgan fingerprint density at radius 2 is 2.05 bits per heavy atom. The van der Waals surface area contributed by atoms with Crippen LogP contribution in [0, 0.1) is 11.8 Å². The zero-order valence-corrected chi connectivity index (χ0v) is 11.7. The maximum absolute atomic E-state index is 12.3. The molecule has 2 rings (SSSR count). The summed E-state index contributed by atoms with van der Waals surface area (Å²) in [5.41, 5.74) is 6.02. The normalized spacial score (nSPS) is 31.3. The number of amides is 2. The number of nitrogens with two attached hydrogens (primary N) is 1. The van der Waals surface area contributed by atoms with Gasteiger partial charge < -0.3 is 16.0 Å². The Kier molecular flexibility index (Phi) is 4.80. The fraction of sp³-hybridized carbons (Fsp3) is 0.857. The molecule has 1 heterocycles. The zero-order chi connectivity index (χ0) is 13.8. The molecule has 3 atom stereocenters. The molecule has 1 saturated carbocycles. The van der Waals surface area contributed by atoms with E-state index in [0.717, 1.165) is 38.6 Å². The van der Waals surface area contributed by atoms with E-state index in [1.54, 1.807) is 7.05 Å². The molecule has 2 aliphatic rings. The van der Waals surface area contributed by atoms with E-state index in [1.807, 2.05) is 4.90 Å². The maximum Gasteiger partial charge on any atom is 0.224 e. The monoisotopic (exact) mass is 267 g/mol. The van der Waals surface area contributed by atoms with Crippen LogP contribution >= 0.6 is 0 Å². The summed E-state index contributed by atoms with van der Waals surface area (Å²) < 4.78 is 0. The van der Waals surface area contributed by atoms with Crippen LogP contribution in [0.3, 0.4) is 0 Å². The molecule has 1 aliphatic heterocycles. The van der Waals surface area contributed by atoms with Crippen LogP contribution in [0.4, 0.5) is 0 Å². The van der Waals surface area contributed by atoms with Gasteiger partial charge in [-0.2, -0.15) is 0 Å². The van der Waals surface area contributed by atoms with E-state index in [0.29, 0.717) is 18.9 Å². The highest BCUT2D eigenvalue weighted by molar-refractivity contribution is 5.81. The Bertz CT molecular complexity index is 346. The molecule has 5 heteroatoms. The van der Waals surface area contributed by atoms with E-state index in [9.17, 15) is 9.59 Å². The minimum absolute atomic E-state index is 0.0417. The van der Waals surface area contributed by atoms with Crippen molar-refractivity contribution < 1.29 is 9.59 Å². The SMILES string of the molecule is CNC(=O)C1CCCN(C(=O)C[C@@H]2CCC[C@H]2N)C1. The van der Waals surface area contributed by atoms with Gasteiger partial charge in [-0.25, -0.2) is 0 Å². The van der Waals surface area contributed by atoms with Gasteiger partial charge in [-0.1, -0.05) is 6.42 Å². The molecule has 2 fully saturated rings. The van der Waals surface area contributed by atoms with E-state index in [2.05, 4.69) is 5.32 Å². The highest BCUT2D eigenvalue weighted by Crippen LogP contribution is 2.28. The number of carbonyl (C=O) groups excluding carboxylic acids is 2. The third-order valence-corrected chi connectivity index (χ3v) is 4.55. The lowest BCUT2D eigenvalue weighted by molar-refractivity contribution is -0.136. The van der Waals surface area contributed by atoms with Crippen LogP contribution in [-0.2, 0) is 9.59 Å². The summed E-state index contributed by atoms with van der Waals surface area (Å²) in [6.45, 7) is 1.36. The van der Waals surface area contributed by atoms with Crippen molar-refractivity contribution in [3.63, 3.8) is 0 Å². The number of piperidine rings is 1. The number of nitrogens with zero attached hydrogens (tertiary/aromatic N) is 1. The average molecular weight is 267 g/mol. The first kappa shape index (κ1) is 14.3. The van der Waals surface area contributed by atoms with Crippen molar-refractivity contribution in [1.82, 2.24) is 10.2 Å². The molecule has 3 N–H and O–H groups in total. The molecular weight excluding hydrogens is 242 g/mol. The number of hydrogen-bond donors (Lipinski definition) is 2. The summed E-state index contributed by atoms with van der Waals surface area (Å²) in [5.74, 6) is 0.527. The smallest absolute Gasteiger partial charge is 0.224 e. The van der Waals surface area contributed by atoms with E-state index < -0.39 is 0 Å². The number of likely N-dealkylation sites (tertiary alicyclic amines) is 1. The second-order valence-electron chi connectivity index (χ2n) is 5.85. The van der Waals surface area contributed by atoms with Gasteiger partial charge in [0.05, 0.1) is 5.92 Å². The first-order valence-electron chi connectivity index (χ1n) is 7.36. The summed E-state index contributed by atoms with van der Waals surface area (Å²) >= 11 is 0. The first-order chi connectivity index (χ1) is 9.11. The maximum atomic E-state index is 12.3. The number of rotatable bonds is 3. The lowest BCUT2D eigenvalue weighted by Gasteiger charge is -2.32. The molecule has 19 heavy (non-hydrogen) atoms. The second kappa shape index (κ2) is 6.37. The lowest BCUT2D eigenvalue weighted by atomic mass is 9.95. The Labute approximate surface area is 114 Å². The minimum atomic E-state index is -0.0417. The van der Waals surface area contributed by atoms with E-state index in [1.165, 1.54) is 0 Å². The Morgan fingerprint density at radius 3 is 2.68 bits per heavy atom. The van der Waals surface area contributed by atoms with Crippen LogP contribution in [0.2, 0.25) is 0 Å². The molecule has 0 aromatic carbocycles. The molecule has 0 radical (unpaired) electrons. The van der Waals surface area contributed by atoms with Crippen molar-refractivity contribution in [3.8, 4) is 0 Å². The highest BCUT2D eigenvalue weighted by Gasteiger charge is 2.31. The summed E-state index contributed by atoms with van der Waals surface area (Å²) in [7, 11) is 1.65. The van der Waals surface area contributed by atoms with Gasteiger partial charge >= 0.3 is 0 Å². The molecule has 2 amide bonds. The van der Waals surface area contributed by atoms with Crippen LogP contribution < -0.4 is 11.1 Å². The van der Waals surface area contributed by atoms with Gasteiger partial charge in [0.25, 0.3) is 0 Å². The van der Waals surface area contributed by atoms with Gasteiger partial charge in [0.15, 0.2) is 0 Å². The molecule has 5 nitrogen and oxygen atoms in total. The third kappa shape index (κ3) is 3.47. The average Bonchev–Trinajstić information content (AvgIpc) is 2.83. The van der Waals surface area contributed by atoms with Crippen molar-refractivity contribution in [2.75, 3.05) is 20.1 Å². The lowest BCUT2D eigenvalue weighted by Crippen LogP contribution is -2.45. The summed E-state index contributed by atoms with van der Waals surface area (Å²) in [6, 6.07) is 0.184. The molecule has 1 unspecified atom stereocenters. The first-order valence-corrected chi connectivity index (χ1v) is 7.36. The number of hydrogen-bond acceptors (Lipinski definition) is 3. The number of nitrogens with one attached hydrogen (secondary N) is 1. The van der Waals surface area contributed by atoms with Crippen LogP contribution in [0.25, 0.3) is 0 Å². The van der Waals surface area contributed by atoms with E-state index >= 15 is 0 Å². The van der Waals surface area contributed by atoms with Crippen LogP contribution in [0.5, 0.6) is 0 Å². The molecule has 108 valence electrons. The van der Waals surface area contributed by atoms with Crippen molar-refractivity contribution in [2.45, 2.75) is 44.6 Å². The van der Waals surface area contributed by atoms with Gasteiger partial charge in [-0.15, -0.1) is 0 Å².